The van der Waals surface area contributed by atoms with E-state index in [1.807, 2.05) is 6.20 Å². The number of pyridine rings is 1. The Hall–Kier alpha value is -6.01. The molecule has 0 aliphatic carbocycles. The minimum absolute atomic E-state index is 0.00511. The van der Waals surface area contributed by atoms with Gasteiger partial charge in [-0.05, 0) is 82.3 Å². The van der Waals surface area contributed by atoms with Crippen molar-refractivity contribution in [2.24, 2.45) is 0 Å². The van der Waals surface area contributed by atoms with Crippen molar-refractivity contribution in [2.75, 3.05) is 0 Å². The van der Waals surface area contributed by atoms with E-state index in [1.165, 1.54) is 44.6 Å². The molecule has 0 saturated carbocycles. The van der Waals surface area contributed by atoms with Crippen molar-refractivity contribution in [3.8, 4) is 28.4 Å². The van der Waals surface area contributed by atoms with Crippen LogP contribution in [-0.2, 0) is 10.8 Å². The van der Waals surface area contributed by atoms with E-state index in [2.05, 4.69) is 204 Å². The molecule has 0 N–H and O–H groups in total. The molecule has 8 aromatic rings. The lowest BCUT2D eigenvalue weighted by Crippen LogP contribution is -2.46. The SMILES string of the molecule is CCC(C)(CC)c1cccc([N@+]23[CH-][N+]2(c2cc(Oc4ccc5c6ccccc6n(-c6cc(C(C)(C)C)ccn6)c5c4)cc(-c4ccccc4)c2)c2ccccc23)c1. The minimum Gasteiger partial charge on any atom is -0.457 e. The third-order valence-corrected chi connectivity index (χ3v) is 13.0. The molecule has 1 fully saturated rings. The maximum atomic E-state index is 6.99. The molecule has 1 saturated heterocycles. The molecule has 5 nitrogen and oxygen atoms in total. The predicted octanol–water partition coefficient (Wildman–Crippen LogP) is 14.4. The van der Waals surface area contributed by atoms with E-state index in [1.54, 1.807) is 0 Å². The van der Waals surface area contributed by atoms with Gasteiger partial charge in [-0.15, -0.1) is 0 Å². The van der Waals surface area contributed by atoms with Crippen molar-refractivity contribution in [3.05, 3.63) is 176 Å². The van der Waals surface area contributed by atoms with Gasteiger partial charge in [0.1, 0.15) is 17.3 Å². The lowest BCUT2D eigenvalue weighted by atomic mass is 9.78. The van der Waals surface area contributed by atoms with Crippen LogP contribution in [0.15, 0.2) is 158 Å². The summed E-state index contributed by atoms with van der Waals surface area (Å²) in [6.45, 7) is 16.2. The molecular weight excluding hydrogens is 697 g/mol. The standard InChI is InChI=1S/C52H49N4O/c1-7-52(6,8-2)39-19-16-20-40(31-39)55-35-56(55,49-24-15-14-23-48(49)55)41-29-37(36-17-10-9-11-18-36)30-43(33-41)57-42-25-26-45-44-21-12-13-22-46(44)54(47(45)34-42)50-32-38(27-28-53-50)51(3,4)5/h9-35H,7-8H2,1-6H3/q+1/t55-,56?/m0/s1. The van der Waals surface area contributed by atoms with Crippen LogP contribution in [0.3, 0.4) is 0 Å². The van der Waals surface area contributed by atoms with Crippen LogP contribution in [-0.4, -0.2) is 9.55 Å². The molecule has 57 heavy (non-hydrogen) atoms. The molecule has 4 heterocycles. The van der Waals surface area contributed by atoms with E-state index < -0.39 is 0 Å². The highest BCUT2D eigenvalue weighted by molar-refractivity contribution is 6.09. The second kappa shape index (κ2) is 12.8. The van der Waals surface area contributed by atoms with Crippen LogP contribution in [0.5, 0.6) is 11.5 Å². The summed E-state index contributed by atoms with van der Waals surface area (Å²) >= 11 is 0. The van der Waals surface area contributed by atoms with Gasteiger partial charge in [-0.25, -0.2) is 4.98 Å². The van der Waals surface area contributed by atoms with Crippen LogP contribution < -0.4 is 13.9 Å². The summed E-state index contributed by atoms with van der Waals surface area (Å²) in [5, 5.41) is 2.36. The fourth-order valence-corrected chi connectivity index (χ4v) is 9.25. The first-order chi connectivity index (χ1) is 27.6. The number of quaternary nitrogens is 2. The van der Waals surface area contributed by atoms with E-state index in [0.29, 0.717) is 9.18 Å². The van der Waals surface area contributed by atoms with E-state index in [4.69, 9.17) is 9.72 Å². The molecular formula is C52H49N4O+. The second-order valence-electron chi connectivity index (χ2n) is 17.2. The maximum absolute atomic E-state index is 6.99. The summed E-state index contributed by atoms with van der Waals surface area (Å²) in [7, 11) is 0. The Morgan fingerprint density at radius 1 is 0.561 bits per heavy atom. The number of hydrogen-bond donors (Lipinski definition) is 0. The average Bonchev–Trinajstić information content (AvgIpc) is 3.74. The van der Waals surface area contributed by atoms with Crippen molar-refractivity contribution < 1.29 is 4.74 Å². The van der Waals surface area contributed by atoms with Gasteiger partial charge in [-0.1, -0.05) is 114 Å². The van der Waals surface area contributed by atoms with E-state index in [-0.39, 0.29) is 10.8 Å². The Morgan fingerprint density at radius 3 is 2.02 bits per heavy atom. The molecule has 6 aromatic carbocycles. The average molecular weight is 746 g/mol. The van der Waals surface area contributed by atoms with E-state index >= 15 is 0 Å². The Kier molecular flexibility index (Phi) is 7.92. The van der Waals surface area contributed by atoms with Crippen molar-refractivity contribution in [1.29, 1.82) is 0 Å². The Labute approximate surface area is 336 Å². The Bertz CT molecular complexity index is 2850. The van der Waals surface area contributed by atoms with Crippen LogP contribution >= 0.6 is 0 Å². The molecule has 0 radical (unpaired) electrons. The van der Waals surface area contributed by atoms with Gasteiger partial charge in [0, 0.05) is 59.4 Å². The lowest BCUT2D eigenvalue weighted by Gasteiger charge is -2.40. The highest BCUT2D eigenvalue weighted by Crippen LogP contribution is 2.75. The minimum atomic E-state index is -0.00511. The Morgan fingerprint density at radius 2 is 1.26 bits per heavy atom. The summed E-state index contributed by atoms with van der Waals surface area (Å²) in [5.41, 5.74) is 12.3. The van der Waals surface area contributed by atoms with Gasteiger partial charge in [0.05, 0.1) is 11.0 Å². The predicted molar refractivity (Wildman–Crippen MR) is 237 cm³/mol. The fraction of sp³-hybridized carbons (Fsp3) is 0.192. The molecule has 0 spiro atoms. The van der Waals surface area contributed by atoms with Crippen LogP contribution in [0.2, 0.25) is 0 Å². The molecule has 1 unspecified atom stereocenters. The third kappa shape index (κ3) is 5.26. The lowest BCUT2D eigenvalue weighted by molar-refractivity contribution is 0.418. The zero-order chi connectivity index (χ0) is 39.2. The Balaban J connectivity index is 1.12. The van der Waals surface area contributed by atoms with Gasteiger partial charge >= 0.3 is 0 Å². The molecule has 282 valence electrons. The maximum Gasteiger partial charge on any atom is 0.225 e. The third-order valence-electron chi connectivity index (χ3n) is 13.0. The van der Waals surface area contributed by atoms with Gasteiger partial charge in [-0.2, -0.15) is 9.18 Å². The smallest absolute Gasteiger partial charge is 0.225 e. The highest BCUT2D eigenvalue weighted by Gasteiger charge is 2.78. The molecule has 2 aliphatic rings. The zero-order valence-corrected chi connectivity index (χ0v) is 33.7. The molecule has 0 bridgehead atoms. The van der Waals surface area contributed by atoms with Crippen LogP contribution in [0.4, 0.5) is 22.7 Å². The van der Waals surface area contributed by atoms with Gasteiger partial charge < -0.3 is 4.74 Å². The number of nitrogens with zero attached hydrogens (tertiary/aromatic N) is 4. The summed E-state index contributed by atoms with van der Waals surface area (Å²) in [4.78, 5) is 4.91. The summed E-state index contributed by atoms with van der Waals surface area (Å²) in [5.74, 6) is 2.48. The first-order valence-electron chi connectivity index (χ1n) is 20.3. The number of benzene rings is 6. The van der Waals surface area contributed by atoms with Crippen LogP contribution in [0, 0.1) is 6.67 Å². The van der Waals surface area contributed by atoms with Gasteiger partial charge in [0.25, 0.3) is 0 Å². The van der Waals surface area contributed by atoms with Crippen molar-refractivity contribution in [3.63, 3.8) is 0 Å². The summed E-state index contributed by atoms with van der Waals surface area (Å²) in [6.07, 6.45) is 4.12. The van der Waals surface area contributed by atoms with Gasteiger partial charge in [-0.3, -0.25) is 4.57 Å². The monoisotopic (exact) mass is 745 g/mol. The molecule has 2 aliphatic heterocycles. The largest absolute Gasteiger partial charge is 0.457 e. The van der Waals surface area contributed by atoms with Crippen molar-refractivity contribution in [2.45, 2.75) is 65.2 Å². The van der Waals surface area contributed by atoms with Crippen LogP contribution in [0.25, 0.3) is 38.8 Å². The fourth-order valence-electron chi connectivity index (χ4n) is 9.25. The number of hydrogen-bond acceptors (Lipinski definition) is 2. The van der Waals surface area contributed by atoms with Crippen molar-refractivity contribution >= 4 is 44.6 Å². The van der Waals surface area contributed by atoms with E-state index in [9.17, 15) is 0 Å². The molecule has 2 aromatic heterocycles. The number of aromatic nitrogens is 2. The number of fused-ring (bicyclic) bond motifs is 7. The molecule has 2 atom stereocenters. The molecule has 0 amide bonds. The first kappa shape index (κ1) is 35.4. The summed E-state index contributed by atoms with van der Waals surface area (Å²) < 4.78 is 10.5. The number of rotatable bonds is 9. The van der Waals surface area contributed by atoms with Gasteiger partial charge in [0.2, 0.25) is 11.4 Å². The number of ether oxygens (including phenoxy) is 1. The van der Waals surface area contributed by atoms with Gasteiger partial charge in [0.15, 0.2) is 18.0 Å². The normalized spacial score (nSPS) is 18.6. The molecule has 10 rings (SSSR count). The first-order valence-corrected chi connectivity index (χ1v) is 20.3. The van der Waals surface area contributed by atoms with E-state index in [0.717, 1.165) is 52.3 Å². The van der Waals surface area contributed by atoms with Crippen molar-refractivity contribution in [1.82, 2.24) is 18.7 Å². The zero-order valence-electron chi connectivity index (χ0n) is 33.7. The van der Waals surface area contributed by atoms with Crippen LogP contribution in [0.1, 0.15) is 65.5 Å². The quantitative estimate of drug-likeness (QED) is 0.0836. The topological polar surface area (TPSA) is 27.1 Å². The number of para-hydroxylation sites is 3. The summed E-state index contributed by atoms with van der Waals surface area (Å²) in [6, 6.07) is 55.1. The second-order valence-corrected chi connectivity index (χ2v) is 17.2. The molecule has 5 heteroatoms. The highest BCUT2D eigenvalue weighted by atomic mass is 16.5.